The minimum Gasteiger partial charge on any atom is -0.394 e. The van der Waals surface area contributed by atoms with Crippen molar-refractivity contribution in [3.8, 4) is 0 Å². The van der Waals surface area contributed by atoms with Crippen LogP contribution in [0.2, 0.25) is 0 Å². The lowest BCUT2D eigenvalue weighted by Gasteiger charge is -2.30. The van der Waals surface area contributed by atoms with Gasteiger partial charge in [-0.3, -0.25) is 0 Å². The molecule has 0 bridgehead atoms. The maximum Gasteiger partial charge on any atom is 0.0701 e. The first-order valence-corrected chi connectivity index (χ1v) is 5.11. The Balaban J connectivity index is 2.26. The highest BCUT2D eigenvalue weighted by atomic mass is 16.5. The highest BCUT2D eigenvalue weighted by molar-refractivity contribution is 4.74. The zero-order chi connectivity index (χ0) is 8.81. The second-order valence-electron chi connectivity index (χ2n) is 3.59. The number of rotatable bonds is 4. The zero-order valence-corrected chi connectivity index (χ0v) is 7.96. The molecular weight excluding hydrogens is 152 g/mol. The fourth-order valence-corrected chi connectivity index (χ4v) is 2.06. The van der Waals surface area contributed by atoms with Gasteiger partial charge in [0.15, 0.2) is 0 Å². The van der Waals surface area contributed by atoms with Crippen LogP contribution in [0, 0.1) is 5.92 Å². The van der Waals surface area contributed by atoms with Crippen LogP contribution in [0.5, 0.6) is 0 Å². The molecule has 1 saturated carbocycles. The molecule has 2 heteroatoms. The number of aliphatic hydroxyl groups excluding tert-OH is 1. The molecule has 0 unspecified atom stereocenters. The van der Waals surface area contributed by atoms with Gasteiger partial charge in [0.05, 0.1) is 19.3 Å². The van der Waals surface area contributed by atoms with Crippen LogP contribution in [0.1, 0.15) is 39.0 Å². The van der Waals surface area contributed by atoms with Crippen LogP contribution in [-0.4, -0.2) is 24.4 Å². The lowest BCUT2D eigenvalue weighted by molar-refractivity contribution is -0.0258. The predicted molar refractivity (Wildman–Crippen MR) is 49.1 cm³/mol. The van der Waals surface area contributed by atoms with Gasteiger partial charge in [-0.2, -0.15) is 0 Å². The van der Waals surface area contributed by atoms with Gasteiger partial charge in [0, 0.05) is 0 Å². The average Bonchev–Trinajstić information content (AvgIpc) is 2.15. The first-order chi connectivity index (χ1) is 5.88. The summed E-state index contributed by atoms with van der Waals surface area (Å²) in [6.45, 7) is 2.90. The second kappa shape index (κ2) is 5.55. The van der Waals surface area contributed by atoms with Crippen LogP contribution in [0.15, 0.2) is 0 Å². The average molecular weight is 172 g/mol. The van der Waals surface area contributed by atoms with E-state index < -0.39 is 0 Å². The summed E-state index contributed by atoms with van der Waals surface area (Å²) in [5, 5.41) is 8.63. The van der Waals surface area contributed by atoms with E-state index in [2.05, 4.69) is 6.92 Å². The summed E-state index contributed by atoms with van der Waals surface area (Å²) in [6, 6.07) is 0. The first kappa shape index (κ1) is 10.0. The van der Waals surface area contributed by atoms with Gasteiger partial charge in [-0.25, -0.2) is 0 Å². The number of hydrogen-bond donors (Lipinski definition) is 1. The number of ether oxygens (including phenoxy) is 1. The van der Waals surface area contributed by atoms with E-state index in [0.717, 1.165) is 5.92 Å². The molecule has 0 heterocycles. The molecule has 0 aromatic heterocycles. The van der Waals surface area contributed by atoms with E-state index in [-0.39, 0.29) is 6.61 Å². The van der Waals surface area contributed by atoms with E-state index in [1.165, 1.54) is 32.1 Å². The monoisotopic (exact) mass is 172 g/mol. The van der Waals surface area contributed by atoms with Gasteiger partial charge in [0.25, 0.3) is 0 Å². The normalized spacial score (nSPS) is 30.5. The summed E-state index contributed by atoms with van der Waals surface area (Å²) in [4.78, 5) is 0. The molecule has 1 rings (SSSR count). The Hall–Kier alpha value is -0.0800. The molecule has 12 heavy (non-hydrogen) atoms. The Labute approximate surface area is 74.9 Å². The van der Waals surface area contributed by atoms with Gasteiger partial charge in [0.2, 0.25) is 0 Å². The Kier molecular flexibility index (Phi) is 4.62. The van der Waals surface area contributed by atoms with Gasteiger partial charge >= 0.3 is 0 Å². The van der Waals surface area contributed by atoms with Crippen molar-refractivity contribution in [2.45, 2.75) is 45.1 Å². The fraction of sp³-hybridized carbons (Fsp3) is 1.00. The smallest absolute Gasteiger partial charge is 0.0701 e. The molecule has 0 amide bonds. The zero-order valence-electron chi connectivity index (χ0n) is 7.96. The van der Waals surface area contributed by atoms with Crippen molar-refractivity contribution in [1.82, 2.24) is 0 Å². The third kappa shape index (κ3) is 2.76. The standard InChI is InChI=1S/C10H20O2/c1-2-9-5-3-4-6-10(9)12-8-7-11/h9-11H,2-8H2,1H3/t9-,10-/m0/s1. The maximum absolute atomic E-state index is 8.63. The molecular formula is C10H20O2. The van der Waals surface area contributed by atoms with Crippen molar-refractivity contribution in [2.24, 2.45) is 5.92 Å². The highest BCUT2D eigenvalue weighted by Gasteiger charge is 2.23. The van der Waals surface area contributed by atoms with E-state index in [9.17, 15) is 0 Å². The van der Waals surface area contributed by atoms with Crippen molar-refractivity contribution in [2.75, 3.05) is 13.2 Å². The largest absolute Gasteiger partial charge is 0.394 e. The molecule has 0 aromatic carbocycles. The van der Waals surface area contributed by atoms with Gasteiger partial charge in [-0.15, -0.1) is 0 Å². The Bertz CT molecular complexity index is 114. The maximum atomic E-state index is 8.63. The molecule has 0 radical (unpaired) electrons. The van der Waals surface area contributed by atoms with Crippen molar-refractivity contribution in [3.63, 3.8) is 0 Å². The Morgan fingerprint density at radius 1 is 1.33 bits per heavy atom. The molecule has 1 aliphatic carbocycles. The van der Waals surface area contributed by atoms with Gasteiger partial charge < -0.3 is 9.84 Å². The van der Waals surface area contributed by atoms with Crippen LogP contribution in [0.4, 0.5) is 0 Å². The molecule has 0 spiro atoms. The van der Waals surface area contributed by atoms with Crippen molar-refractivity contribution < 1.29 is 9.84 Å². The van der Waals surface area contributed by atoms with E-state index >= 15 is 0 Å². The van der Waals surface area contributed by atoms with Crippen LogP contribution in [0.25, 0.3) is 0 Å². The van der Waals surface area contributed by atoms with Crippen molar-refractivity contribution in [3.05, 3.63) is 0 Å². The molecule has 2 atom stereocenters. The highest BCUT2D eigenvalue weighted by Crippen LogP contribution is 2.28. The lowest BCUT2D eigenvalue weighted by Crippen LogP contribution is -2.28. The number of hydrogen-bond acceptors (Lipinski definition) is 2. The summed E-state index contributed by atoms with van der Waals surface area (Å²) in [5.74, 6) is 0.741. The minimum atomic E-state index is 0.160. The topological polar surface area (TPSA) is 29.5 Å². The van der Waals surface area contributed by atoms with Gasteiger partial charge in [0.1, 0.15) is 0 Å². The Morgan fingerprint density at radius 2 is 2.08 bits per heavy atom. The molecule has 0 saturated heterocycles. The molecule has 1 fully saturated rings. The quantitative estimate of drug-likeness (QED) is 0.702. The first-order valence-electron chi connectivity index (χ1n) is 5.11. The van der Waals surface area contributed by atoms with E-state index in [1.807, 2.05) is 0 Å². The summed E-state index contributed by atoms with van der Waals surface area (Å²) in [5.41, 5.74) is 0. The number of aliphatic hydroxyl groups is 1. The fourth-order valence-electron chi connectivity index (χ4n) is 2.06. The molecule has 72 valence electrons. The van der Waals surface area contributed by atoms with Crippen LogP contribution in [-0.2, 0) is 4.74 Å². The third-order valence-corrected chi connectivity index (χ3v) is 2.79. The van der Waals surface area contributed by atoms with Crippen molar-refractivity contribution >= 4 is 0 Å². The van der Waals surface area contributed by atoms with Crippen LogP contribution >= 0.6 is 0 Å². The van der Waals surface area contributed by atoms with E-state index in [4.69, 9.17) is 9.84 Å². The minimum absolute atomic E-state index is 0.160. The van der Waals surface area contributed by atoms with Crippen LogP contribution < -0.4 is 0 Å². The predicted octanol–water partition coefficient (Wildman–Crippen LogP) is 1.96. The third-order valence-electron chi connectivity index (χ3n) is 2.79. The van der Waals surface area contributed by atoms with E-state index in [0.29, 0.717) is 12.7 Å². The summed E-state index contributed by atoms with van der Waals surface area (Å²) < 4.78 is 5.59. The molecule has 0 aliphatic heterocycles. The molecule has 1 N–H and O–H groups in total. The summed E-state index contributed by atoms with van der Waals surface area (Å²) in [6.07, 6.45) is 6.81. The van der Waals surface area contributed by atoms with Crippen LogP contribution in [0.3, 0.4) is 0 Å². The van der Waals surface area contributed by atoms with Crippen molar-refractivity contribution in [1.29, 1.82) is 0 Å². The van der Waals surface area contributed by atoms with E-state index in [1.54, 1.807) is 0 Å². The van der Waals surface area contributed by atoms with Gasteiger partial charge in [-0.1, -0.05) is 26.2 Å². The Morgan fingerprint density at radius 3 is 2.75 bits per heavy atom. The summed E-state index contributed by atoms with van der Waals surface area (Å²) in [7, 11) is 0. The lowest BCUT2D eigenvalue weighted by atomic mass is 9.85. The molecule has 2 nitrogen and oxygen atoms in total. The SMILES string of the molecule is CC[C@H]1CCCC[C@@H]1OCCO. The molecule has 0 aromatic rings. The second-order valence-corrected chi connectivity index (χ2v) is 3.59. The molecule has 1 aliphatic rings. The van der Waals surface area contributed by atoms with Gasteiger partial charge in [-0.05, 0) is 18.8 Å². The summed E-state index contributed by atoms with van der Waals surface area (Å²) >= 11 is 0.